The Morgan fingerprint density at radius 2 is 1.70 bits per heavy atom. The Kier molecular flexibility index (Phi) is 5.61. The molecular weight excluding hydrogens is 363 g/mol. The van der Waals surface area contributed by atoms with Gasteiger partial charge in [0.25, 0.3) is 0 Å². The molecule has 0 amide bonds. The van der Waals surface area contributed by atoms with Gasteiger partial charge in [0.2, 0.25) is 0 Å². The second-order valence-electron chi connectivity index (χ2n) is 7.64. The summed E-state index contributed by atoms with van der Waals surface area (Å²) in [5.41, 5.74) is -4.63. The molecule has 1 aromatic carbocycles. The second-order valence-corrected chi connectivity index (χ2v) is 7.64. The van der Waals surface area contributed by atoms with Crippen molar-refractivity contribution in [2.45, 2.75) is 45.7 Å². The van der Waals surface area contributed by atoms with Gasteiger partial charge < -0.3 is 15.5 Å². The zero-order valence-electron chi connectivity index (χ0n) is 15.6. The Morgan fingerprint density at radius 1 is 1.19 bits per heavy atom. The molecule has 1 saturated heterocycles. The number of nitrogens with one attached hydrogen (secondary N) is 1. The molecule has 5 atom stereocenters. The van der Waals surface area contributed by atoms with Crippen LogP contribution in [0.3, 0.4) is 0 Å². The van der Waals surface area contributed by atoms with Crippen LogP contribution in [-0.2, 0) is 9.59 Å². The van der Waals surface area contributed by atoms with E-state index in [-0.39, 0.29) is 0 Å². The molecule has 0 aromatic heterocycles. The molecular formula is C19H24F3NO4. The summed E-state index contributed by atoms with van der Waals surface area (Å²) in [4.78, 5) is 24.7. The maximum absolute atomic E-state index is 14.7. The summed E-state index contributed by atoms with van der Waals surface area (Å²) in [6.07, 6.45) is 0. The average molecular weight is 387 g/mol. The Balaban J connectivity index is 3.00. The topological polar surface area (TPSA) is 86.6 Å². The fourth-order valence-electron chi connectivity index (χ4n) is 4.75. The van der Waals surface area contributed by atoms with Crippen molar-refractivity contribution in [3.63, 3.8) is 0 Å². The van der Waals surface area contributed by atoms with Crippen LogP contribution in [0.1, 0.15) is 39.2 Å². The smallest absolute Gasteiger partial charge is 0.312 e. The van der Waals surface area contributed by atoms with E-state index in [9.17, 15) is 33.0 Å². The standard InChI is InChI=1S/C19H24F3NO4/c1-9(2)19(17(26)27)10(3)23-13(8-20)18(4,16(24)25)15(19)14-11(21)6-5-7-12(14)22/h5-7,9-10,13,15,23H,8H2,1-4H3,(H,24,25)(H,26,27). The summed E-state index contributed by atoms with van der Waals surface area (Å²) in [6, 6.07) is 0.754. The highest BCUT2D eigenvalue weighted by atomic mass is 19.1. The highest BCUT2D eigenvalue weighted by Gasteiger charge is 2.68. The quantitative estimate of drug-likeness (QED) is 0.722. The molecule has 150 valence electrons. The van der Waals surface area contributed by atoms with Gasteiger partial charge in [0.05, 0.1) is 16.9 Å². The molecule has 0 aliphatic carbocycles. The summed E-state index contributed by atoms with van der Waals surface area (Å²) in [7, 11) is 0. The number of carbonyl (C=O) groups is 2. The molecule has 5 nitrogen and oxygen atoms in total. The molecule has 2 rings (SSSR count). The van der Waals surface area contributed by atoms with Gasteiger partial charge >= 0.3 is 11.9 Å². The number of benzene rings is 1. The van der Waals surface area contributed by atoms with Crippen molar-refractivity contribution >= 4 is 11.9 Å². The van der Waals surface area contributed by atoms with E-state index in [1.807, 2.05) is 0 Å². The first-order valence-corrected chi connectivity index (χ1v) is 8.69. The molecule has 3 N–H and O–H groups in total. The van der Waals surface area contributed by atoms with Crippen LogP contribution in [0.5, 0.6) is 0 Å². The third kappa shape index (κ3) is 2.81. The van der Waals surface area contributed by atoms with Crippen molar-refractivity contribution < 1.29 is 33.0 Å². The number of alkyl halides is 1. The van der Waals surface area contributed by atoms with E-state index in [0.717, 1.165) is 25.1 Å². The van der Waals surface area contributed by atoms with Crippen molar-refractivity contribution in [1.29, 1.82) is 0 Å². The van der Waals surface area contributed by atoms with E-state index < -0.39 is 70.6 Å². The van der Waals surface area contributed by atoms with Gasteiger partial charge in [0.1, 0.15) is 18.3 Å². The van der Waals surface area contributed by atoms with Gasteiger partial charge in [-0.15, -0.1) is 0 Å². The number of carboxylic acid groups (broad SMARTS) is 2. The number of hydrogen-bond acceptors (Lipinski definition) is 3. The maximum atomic E-state index is 14.7. The zero-order chi connectivity index (χ0) is 20.7. The molecule has 1 aliphatic heterocycles. The van der Waals surface area contributed by atoms with Gasteiger partial charge in [0, 0.05) is 17.5 Å². The Morgan fingerprint density at radius 3 is 2.07 bits per heavy atom. The lowest BCUT2D eigenvalue weighted by Gasteiger charge is -2.57. The van der Waals surface area contributed by atoms with Crippen LogP contribution in [0.4, 0.5) is 13.2 Å². The van der Waals surface area contributed by atoms with Crippen LogP contribution in [0.15, 0.2) is 18.2 Å². The fourth-order valence-corrected chi connectivity index (χ4v) is 4.75. The molecule has 0 saturated carbocycles. The monoisotopic (exact) mass is 387 g/mol. The Hall–Kier alpha value is -2.09. The van der Waals surface area contributed by atoms with E-state index in [2.05, 4.69) is 5.32 Å². The van der Waals surface area contributed by atoms with Crippen LogP contribution < -0.4 is 5.32 Å². The van der Waals surface area contributed by atoms with Crippen LogP contribution >= 0.6 is 0 Å². The van der Waals surface area contributed by atoms with Crippen molar-refractivity contribution in [2.24, 2.45) is 16.7 Å². The lowest BCUT2D eigenvalue weighted by molar-refractivity contribution is -0.177. The Labute approximate surface area is 155 Å². The van der Waals surface area contributed by atoms with Gasteiger partial charge in [-0.25, -0.2) is 13.2 Å². The third-order valence-electron chi connectivity index (χ3n) is 6.20. The van der Waals surface area contributed by atoms with Crippen LogP contribution in [0.25, 0.3) is 0 Å². The zero-order valence-corrected chi connectivity index (χ0v) is 15.6. The fraction of sp³-hybridized carbons (Fsp3) is 0.579. The molecule has 0 spiro atoms. The van der Waals surface area contributed by atoms with E-state index in [0.29, 0.717) is 0 Å². The normalized spacial score (nSPS) is 33.9. The highest BCUT2D eigenvalue weighted by molar-refractivity contribution is 5.84. The first kappa shape index (κ1) is 21.2. The SMILES string of the molecule is CC(C)C1(C(=O)O)C(C)NC(CF)C(C)(C(=O)O)C1c1c(F)cccc1F. The van der Waals surface area contributed by atoms with Gasteiger partial charge in [-0.2, -0.15) is 0 Å². The van der Waals surface area contributed by atoms with E-state index >= 15 is 0 Å². The number of halogens is 3. The molecule has 0 bridgehead atoms. The van der Waals surface area contributed by atoms with Crippen molar-refractivity contribution in [3.05, 3.63) is 35.4 Å². The van der Waals surface area contributed by atoms with Crippen LogP contribution in [0.2, 0.25) is 0 Å². The highest BCUT2D eigenvalue weighted by Crippen LogP contribution is 2.59. The number of hydrogen-bond donors (Lipinski definition) is 3. The van der Waals surface area contributed by atoms with Gasteiger partial charge in [0.15, 0.2) is 0 Å². The van der Waals surface area contributed by atoms with E-state index in [1.54, 1.807) is 13.8 Å². The summed E-state index contributed by atoms with van der Waals surface area (Å²) in [6.45, 7) is 4.60. The predicted octanol–water partition coefficient (Wildman–Crippen LogP) is 3.20. The average Bonchev–Trinajstić information content (AvgIpc) is 2.56. The lowest BCUT2D eigenvalue weighted by Crippen LogP contribution is -2.71. The predicted molar refractivity (Wildman–Crippen MR) is 92.1 cm³/mol. The molecule has 5 unspecified atom stereocenters. The molecule has 0 radical (unpaired) electrons. The Bertz CT molecular complexity index is 736. The minimum absolute atomic E-state index is 0.634. The summed E-state index contributed by atoms with van der Waals surface area (Å²) in [5, 5.41) is 22.8. The van der Waals surface area contributed by atoms with Crippen LogP contribution in [-0.4, -0.2) is 40.9 Å². The van der Waals surface area contributed by atoms with Crippen molar-refractivity contribution in [1.82, 2.24) is 5.32 Å². The minimum atomic E-state index is -2.10. The molecule has 1 aromatic rings. The molecule has 27 heavy (non-hydrogen) atoms. The number of piperidine rings is 1. The number of rotatable bonds is 5. The maximum Gasteiger partial charge on any atom is 0.312 e. The summed E-state index contributed by atoms with van der Waals surface area (Å²) < 4.78 is 43.3. The molecule has 1 aliphatic rings. The van der Waals surface area contributed by atoms with E-state index in [4.69, 9.17) is 0 Å². The summed E-state index contributed by atoms with van der Waals surface area (Å²) in [5.74, 6) is -7.37. The van der Waals surface area contributed by atoms with Gasteiger partial charge in [-0.3, -0.25) is 9.59 Å². The minimum Gasteiger partial charge on any atom is -0.481 e. The lowest BCUT2D eigenvalue weighted by atomic mass is 9.49. The largest absolute Gasteiger partial charge is 0.481 e. The van der Waals surface area contributed by atoms with E-state index in [1.165, 1.54) is 6.92 Å². The third-order valence-corrected chi connectivity index (χ3v) is 6.20. The molecule has 8 heteroatoms. The second kappa shape index (κ2) is 7.14. The summed E-state index contributed by atoms with van der Waals surface area (Å²) >= 11 is 0. The van der Waals surface area contributed by atoms with Gasteiger partial charge in [-0.1, -0.05) is 19.9 Å². The van der Waals surface area contributed by atoms with Crippen molar-refractivity contribution in [2.75, 3.05) is 6.67 Å². The first-order valence-electron chi connectivity index (χ1n) is 8.69. The van der Waals surface area contributed by atoms with Gasteiger partial charge in [-0.05, 0) is 31.9 Å². The number of aliphatic carboxylic acids is 2. The molecule has 1 fully saturated rings. The van der Waals surface area contributed by atoms with Crippen LogP contribution in [0, 0.1) is 28.4 Å². The number of carboxylic acids is 2. The molecule has 1 heterocycles. The van der Waals surface area contributed by atoms with Crippen molar-refractivity contribution in [3.8, 4) is 0 Å². The first-order chi connectivity index (χ1) is 12.5.